The van der Waals surface area contributed by atoms with Crippen molar-refractivity contribution in [3.63, 3.8) is 0 Å². The number of hydrogen-bond acceptors (Lipinski definition) is 4. The molecule has 6 heteroatoms. The van der Waals surface area contributed by atoms with E-state index >= 15 is 0 Å². The smallest absolute Gasteiger partial charge is 0.193 e. The average Bonchev–Trinajstić information content (AvgIpc) is 2.82. The van der Waals surface area contributed by atoms with Gasteiger partial charge in [-0.05, 0) is 83.5 Å². The summed E-state index contributed by atoms with van der Waals surface area (Å²) in [4.78, 5) is 14.9. The normalized spacial score (nSPS) is 23.8. The Labute approximate surface area is 189 Å². The molecule has 0 saturated carbocycles. The topological polar surface area (TPSA) is 37.4 Å². The van der Waals surface area contributed by atoms with Crippen LogP contribution in [0, 0.1) is 6.92 Å². The van der Waals surface area contributed by atoms with Crippen LogP contribution in [0.3, 0.4) is 0 Å². The van der Waals surface area contributed by atoms with Gasteiger partial charge in [0.05, 0.1) is 0 Å². The minimum atomic E-state index is 0.284. The summed E-state index contributed by atoms with van der Waals surface area (Å²) in [5.41, 5.74) is 2.96. The molecule has 172 valence electrons. The molecule has 0 bridgehead atoms. The summed E-state index contributed by atoms with van der Waals surface area (Å²) in [5.74, 6) is 1.08. The lowest BCUT2D eigenvalue weighted by molar-refractivity contribution is 0.0169. The van der Waals surface area contributed by atoms with E-state index in [1.807, 2.05) is 7.05 Å². The molecule has 0 aliphatic carbocycles. The zero-order chi connectivity index (χ0) is 21.7. The third-order valence-corrected chi connectivity index (χ3v) is 7.68. The molecule has 3 aliphatic rings. The summed E-state index contributed by atoms with van der Waals surface area (Å²) in [7, 11) is 4.21. The third kappa shape index (κ3) is 5.35. The fraction of sp³-hybridized carbons (Fsp3) is 0.720. The fourth-order valence-corrected chi connectivity index (χ4v) is 5.58. The Morgan fingerprint density at radius 2 is 1.68 bits per heavy atom. The third-order valence-electron chi connectivity index (χ3n) is 7.68. The number of aliphatic imine (C=N–C) groups is 1. The summed E-state index contributed by atoms with van der Waals surface area (Å²) < 4.78 is 0. The highest BCUT2D eigenvalue weighted by Gasteiger charge is 2.40. The number of nitrogens with zero attached hydrogens (tertiary/aromatic N) is 5. The van der Waals surface area contributed by atoms with Gasteiger partial charge in [-0.3, -0.25) is 9.89 Å². The molecule has 1 aromatic rings. The van der Waals surface area contributed by atoms with E-state index in [-0.39, 0.29) is 5.54 Å². The zero-order valence-corrected chi connectivity index (χ0v) is 19.9. The van der Waals surface area contributed by atoms with Gasteiger partial charge in [0.1, 0.15) is 0 Å². The van der Waals surface area contributed by atoms with Gasteiger partial charge < -0.3 is 20.0 Å². The van der Waals surface area contributed by atoms with Crippen molar-refractivity contribution in [2.75, 3.05) is 77.9 Å². The van der Waals surface area contributed by atoms with Crippen molar-refractivity contribution < 1.29 is 0 Å². The van der Waals surface area contributed by atoms with E-state index in [0.717, 1.165) is 38.7 Å². The molecule has 31 heavy (non-hydrogen) atoms. The molecule has 0 spiro atoms. The minimum Gasteiger partial charge on any atom is -0.368 e. The molecule has 0 aromatic heterocycles. The Balaban J connectivity index is 1.36. The van der Waals surface area contributed by atoms with Gasteiger partial charge in [-0.1, -0.05) is 18.6 Å². The van der Waals surface area contributed by atoms with Crippen molar-refractivity contribution >= 4 is 11.6 Å². The summed E-state index contributed by atoms with van der Waals surface area (Å²) in [5, 5.41) is 3.82. The summed E-state index contributed by atoms with van der Waals surface area (Å²) in [6.45, 7) is 12.3. The lowest BCUT2D eigenvalue weighted by atomic mass is 9.84. The van der Waals surface area contributed by atoms with E-state index in [9.17, 15) is 0 Å². The minimum absolute atomic E-state index is 0.284. The maximum absolute atomic E-state index is 4.68. The Kier molecular flexibility index (Phi) is 7.39. The van der Waals surface area contributed by atoms with Crippen LogP contribution in [-0.4, -0.2) is 99.2 Å². The molecule has 0 atom stereocenters. The molecule has 3 heterocycles. The molecular formula is C25H42N6. The second-order valence-corrected chi connectivity index (χ2v) is 9.79. The summed E-state index contributed by atoms with van der Waals surface area (Å²) in [6, 6.07) is 8.87. The number of aryl methyl sites for hydroxylation is 1. The Hall–Kier alpha value is -1.79. The second-order valence-electron chi connectivity index (χ2n) is 9.79. The highest BCUT2D eigenvalue weighted by atomic mass is 15.4. The largest absolute Gasteiger partial charge is 0.368 e. The predicted molar refractivity (Wildman–Crippen MR) is 131 cm³/mol. The first-order valence-electron chi connectivity index (χ1n) is 12.3. The van der Waals surface area contributed by atoms with Gasteiger partial charge in [0, 0.05) is 51.0 Å². The fourth-order valence-electron chi connectivity index (χ4n) is 5.58. The Morgan fingerprint density at radius 1 is 0.968 bits per heavy atom. The molecule has 0 radical (unpaired) electrons. The molecule has 1 N–H and O–H groups in total. The highest BCUT2D eigenvalue weighted by Crippen LogP contribution is 2.31. The van der Waals surface area contributed by atoms with Gasteiger partial charge in [-0.15, -0.1) is 0 Å². The van der Waals surface area contributed by atoms with Crippen molar-refractivity contribution in [1.82, 2.24) is 20.0 Å². The van der Waals surface area contributed by atoms with Gasteiger partial charge in [-0.25, -0.2) is 0 Å². The van der Waals surface area contributed by atoms with Crippen molar-refractivity contribution in [1.29, 1.82) is 0 Å². The van der Waals surface area contributed by atoms with E-state index in [4.69, 9.17) is 0 Å². The number of anilines is 1. The van der Waals surface area contributed by atoms with Crippen molar-refractivity contribution in [3.05, 3.63) is 29.8 Å². The number of benzene rings is 1. The van der Waals surface area contributed by atoms with Crippen LogP contribution in [0.2, 0.25) is 0 Å². The molecule has 3 fully saturated rings. The van der Waals surface area contributed by atoms with E-state index < -0.39 is 0 Å². The Morgan fingerprint density at radius 3 is 2.32 bits per heavy atom. The summed E-state index contributed by atoms with van der Waals surface area (Å²) in [6.07, 6.45) is 6.62. The lowest BCUT2D eigenvalue weighted by Gasteiger charge is -2.50. The summed E-state index contributed by atoms with van der Waals surface area (Å²) >= 11 is 0. The maximum Gasteiger partial charge on any atom is 0.193 e. The van der Waals surface area contributed by atoms with Crippen LogP contribution in [0.4, 0.5) is 5.69 Å². The molecular weight excluding hydrogens is 384 g/mol. The maximum atomic E-state index is 4.68. The standard InChI is InChI=1S/C25H42N6/c1-22-8-7-9-23(20-22)29-16-18-30(19-17-29)24(26-2)27-21-25(10-14-28(3)15-11-25)31-12-5-4-6-13-31/h7-9,20H,4-6,10-19,21H2,1-3H3,(H,26,27). The lowest BCUT2D eigenvalue weighted by Crippen LogP contribution is -2.63. The SMILES string of the molecule is CN=C(NCC1(N2CCCCC2)CCN(C)CC1)N1CCN(c2cccc(C)c2)CC1. The van der Waals surface area contributed by atoms with Gasteiger partial charge >= 0.3 is 0 Å². The number of nitrogens with one attached hydrogen (secondary N) is 1. The molecule has 4 rings (SSSR count). The van der Waals surface area contributed by atoms with Crippen LogP contribution < -0.4 is 10.2 Å². The number of piperazine rings is 1. The van der Waals surface area contributed by atoms with Crippen molar-refractivity contribution in [2.45, 2.75) is 44.6 Å². The number of likely N-dealkylation sites (tertiary alicyclic amines) is 2. The van der Waals surface area contributed by atoms with Crippen LogP contribution in [-0.2, 0) is 0 Å². The average molecular weight is 427 g/mol. The van der Waals surface area contributed by atoms with Crippen molar-refractivity contribution in [2.24, 2.45) is 4.99 Å². The van der Waals surface area contributed by atoms with Crippen LogP contribution in [0.5, 0.6) is 0 Å². The Bertz CT molecular complexity index is 725. The van der Waals surface area contributed by atoms with Gasteiger partial charge in [-0.2, -0.15) is 0 Å². The molecule has 3 aliphatic heterocycles. The van der Waals surface area contributed by atoms with Crippen molar-refractivity contribution in [3.8, 4) is 0 Å². The zero-order valence-electron chi connectivity index (χ0n) is 19.9. The van der Waals surface area contributed by atoms with E-state index in [1.54, 1.807) is 0 Å². The number of hydrogen-bond donors (Lipinski definition) is 1. The van der Waals surface area contributed by atoms with Gasteiger partial charge in [0.15, 0.2) is 5.96 Å². The molecule has 1 aromatic carbocycles. The second kappa shape index (κ2) is 10.2. The predicted octanol–water partition coefficient (Wildman–Crippen LogP) is 2.64. The van der Waals surface area contributed by atoms with Crippen LogP contribution >= 0.6 is 0 Å². The number of guanidine groups is 1. The van der Waals surface area contributed by atoms with Gasteiger partial charge in [0.2, 0.25) is 0 Å². The molecule has 6 nitrogen and oxygen atoms in total. The molecule has 0 amide bonds. The van der Waals surface area contributed by atoms with Crippen LogP contribution in [0.25, 0.3) is 0 Å². The first-order chi connectivity index (χ1) is 15.1. The van der Waals surface area contributed by atoms with E-state index in [0.29, 0.717) is 0 Å². The van der Waals surface area contributed by atoms with Crippen LogP contribution in [0.15, 0.2) is 29.3 Å². The van der Waals surface area contributed by atoms with E-state index in [1.165, 1.54) is 69.5 Å². The monoisotopic (exact) mass is 426 g/mol. The number of piperidine rings is 2. The van der Waals surface area contributed by atoms with E-state index in [2.05, 4.69) is 68.1 Å². The number of rotatable bonds is 4. The highest BCUT2D eigenvalue weighted by molar-refractivity contribution is 5.80. The first-order valence-corrected chi connectivity index (χ1v) is 12.3. The quantitative estimate of drug-likeness (QED) is 0.592. The molecule has 0 unspecified atom stereocenters. The first kappa shape index (κ1) is 22.4. The van der Waals surface area contributed by atoms with Crippen LogP contribution in [0.1, 0.15) is 37.7 Å². The van der Waals surface area contributed by atoms with Gasteiger partial charge in [0.25, 0.3) is 0 Å². The molecule has 3 saturated heterocycles.